The molecule has 0 radical (unpaired) electrons. The molecule has 9 nitrogen and oxygen atoms in total. The molecular formula is C17H13ClN4O5S. The molecule has 1 aromatic carbocycles. The second-order valence-corrected chi connectivity index (χ2v) is 6.75. The van der Waals surface area contributed by atoms with Crippen LogP contribution in [-0.4, -0.2) is 32.3 Å². The Kier molecular flexibility index (Phi) is 5.71. The van der Waals surface area contributed by atoms with Crippen LogP contribution in [0, 0.1) is 10.1 Å². The molecule has 0 spiro atoms. The van der Waals surface area contributed by atoms with Crippen molar-refractivity contribution in [2.45, 2.75) is 13.0 Å². The number of fused-ring (bicyclic) bond motifs is 1. The first kappa shape index (κ1) is 19.5. The number of aromatic nitrogens is 2. The highest BCUT2D eigenvalue weighted by Crippen LogP contribution is 2.24. The molecule has 0 aliphatic carbocycles. The number of anilines is 1. The summed E-state index contributed by atoms with van der Waals surface area (Å²) < 4.78 is 6.75. The number of carbonyl (C=O) groups is 2. The van der Waals surface area contributed by atoms with Gasteiger partial charge in [0.2, 0.25) is 0 Å². The molecule has 11 heteroatoms. The first-order chi connectivity index (χ1) is 13.4. The fraction of sp³-hybridized carbons (Fsp3) is 0.118. The van der Waals surface area contributed by atoms with Gasteiger partial charge in [-0.15, -0.1) is 11.3 Å². The molecule has 1 atom stereocenters. The minimum absolute atomic E-state index is 0.0156. The monoisotopic (exact) mass is 420 g/mol. The van der Waals surface area contributed by atoms with Crippen LogP contribution >= 0.6 is 22.9 Å². The molecule has 28 heavy (non-hydrogen) atoms. The number of halogens is 1. The SMILES string of the molecule is C[C@@H](OC(=O)/C=C\c1c(Cl)nc2sccn12)C(=O)Nc1ccccc1[N+](=O)[O-]. The third kappa shape index (κ3) is 4.18. The zero-order valence-electron chi connectivity index (χ0n) is 14.4. The maximum Gasteiger partial charge on any atom is 0.331 e. The van der Waals surface area contributed by atoms with Gasteiger partial charge in [-0.2, -0.15) is 0 Å². The summed E-state index contributed by atoms with van der Waals surface area (Å²) in [5.74, 6) is -1.47. The average molecular weight is 421 g/mol. The lowest BCUT2D eigenvalue weighted by Gasteiger charge is -2.12. The van der Waals surface area contributed by atoms with Gasteiger partial charge in [-0.3, -0.25) is 19.3 Å². The Morgan fingerprint density at radius 3 is 2.93 bits per heavy atom. The van der Waals surface area contributed by atoms with Crippen LogP contribution in [0.5, 0.6) is 0 Å². The zero-order valence-corrected chi connectivity index (χ0v) is 15.9. The van der Waals surface area contributed by atoms with Crippen LogP contribution in [0.4, 0.5) is 11.4 Å². The Morgan fingerprint density at radius 2 is 2.18 bits per heavy atom. The van der Waals surface area contributed by atoms with E-state index in [1.165, 1.54) is 42.5 Å². The molecule has 0 saturated heterocycles. The molecule has 0 fully saturated rings. The molecular weight excluding hydrogens is 408 g/mol. The average Bonchev–Trinajstić information content (AvgIpc) is 3.20. The van der Waals surface area contributed by atoms with E-state index in [9.17, 15) is 19.7 Å². The quantitative estimate of drug-likeness (QED) is 0.282. The summed E-state index contributed by atoms with van der Waals surface area (Å²) in [6, 6.07) is 5.67. The van der Waals surface area contributed by atoms with Gasteiger partial charge in [-0.1, -0.05) is 23.7 Å². The number of ether oxygens (including phenoxy) is 1. The van der Waals surface area contributed by atoms with E-state index in [1.54, 1.807) is 16.7 Å². The number of amides is 1. The Balaban J connectivity index is 1.64. The van der Waals surface area contributed by atoms with Gasteiger partial charge in [0.1, 0.15) is 5.69 Å². The van der Waals surface area contributed by atoms with Gasteiger partial charge < -0.3 is 10.1 Å². The van der Waals surface area contributed by atoms with E-state index in [0.717, 1.165) is 6.08 Å². The fourth-order valence-corrected chi connectivity index (χ4v) is 3.32. The van der Waals surface area contributed by atoms with E-state index in [1.807, 2.05) is 5.38 Å². The highest BCUT2D eigenvalue weighted by atomic mass is 35.5. The van der Waals surface area contributed by atoms with Crippen molar-refractivity contribution in [1.29, 1.82) is 0 Å². The van der Waals surface area contributed by atoms with Crippen molar-refractivity contribution < 1.29 is 19.2 Å². The van der Waals surface area contributed by atoms with Gasteiger partial charge in [0.05, 0.1) is 10.6 Å². The van der Waals surface area contributed by atoms with E-state index < -0.39 is 22.9 Å². The van der Waals surface area contributed by atoms with Crippen molar-refractivity contribution >= 4 is 57.2 Å². The van der Waals surface area contributed by atoms with Crippen LogP contribution in [0.3, 0.4) is 0 Å². The molecule has 0 bridgehead atoms. The number of nitro groups is 1. The normalized spacial score (nSPS) is 12.2. The number of nitro benzene ring substituents is 1. The molecule has 0 aliphatic heterocycles. The Labute approximate surface area is 167 Å². The summed E-state index contributed by atoms with van der Waals surface area (Å²) in [7, 11) is 0. The van der Waals surface area contributed by atoms with Crippen molar-refractivity contribution in [2.24, 2.45) is 0 Å². The Hall–Kier alpha value is -3.24. The van der Waals surface area contributed by atoms with Crippen LogP contribution in [0.2, 0.25) is 5.15 Å². The predicted molar refractivity (Wildman–Crippen MR) is 104 cm³/mol. The zero-order chi connectivity index (χ0) is 20.3. The van der Waals surface area contributed by atoms with Crippen LogP contribution in [0.15, 0.2) is 41.9 Å². The molecule has 2 aromatic heterocycles. The number of hydrogen-bond donors (Lipinski definition) is 1. The molecule has 1 N–H and O–H groups in total. The maximum atomic E-state index is 12.2. The number of para-hydroxylation sites is 2. The van der Waals surface area contributed by atoms with Gasteiger partial charge in [-0.25, -0.2) is 9.78 Å². The van der Waals surface area contributed by atoms with Crippen LogP contribution < -0.4 is 5.32 Å². The number of imidazole rings is 1. The number of rotatable bonds is 6. The van der Waals surface area contributed by atoms with E-state index in [-0.39, 0.29) is 16.5 Å². The predicted octanol–water partition coefficient (Wildman–Crippen LogP) is 3.54. The smallest absolute Gasteiger partial charge is 0.331 e. The summed E-state index contributed by atoms with van der Waals surface area (Å²) >= 11 is 7.42. The molecule has 3 aromatic rings. The minimum Gasteiger partial charge on any atom is -0.449 e. The van der Waals surface area contributed by atoms with E-state index in [4.69, 9.17) is 16.3 Å². The van der Waals surface area contributed by atoms with Crippen LogP contribution in [0.1, 0.15) is 12.6 Å². The summed E-state index contributed by atoms with van der Waals surface area (Å²) in [4.78, 5) is 39.4. The summed E-state index contributed by atoms with van der Waals surface area (Å²) in [5.41, 5.74) is 0.262. The van der Waals surface area contributed by atoms with Gasteiger partial charge >= 0.3 is 5.97 Å². The second kappa shape index (κ2) is 8.19. The number of nitrogens with one attached hydrogen (secondary N) is 1. The third-order valence-electron chi connectivity index (χ3n) is 3.65. The van der Waals surface area contributed by atoms with Gasteiger partial charge in [0, 0.05) is 23.7 Å². The van der Waals surface area contributed by atoms with Gasteiger partial charge in [-0.05, 0) is 19.1 Å². The van der Waals surface area contributed by atoms with E-state index in [2.05, 4.69) is 10.3 Å². The number of benzene rings is 1. The van der Waals surface area contributed by atoms with Crippen molar-refractivity contribution in [3.8, 4) is 0 Å². The number of esters is 1. The highest BCUT2D eigenvalue weighted by molar-refractivity contribution is 7.15. The highest BCUT2D eigenvalue weighted by Gasteiger charge is 2.21. The van der Waals surface area contributed by atoms with Gasteiger partial charge in [0.15, 0.2) is 16.2 Å². The fourth-order valence-electron chi connectivity index (χ4n) is 2.31. The van der Waals surface area contributed by atoms with Crippen molar-refractivity contribution in [3.05, 3.63) is 62.9 Å². The topological polar surface area (TPSA) is 116 Å². The lowest BCUT2D eigenvalue weighted by atomic mass is 10.2. The standard InChI is InChI=1S/C17H13ClN4O5S/c1-10(16(24)19-11-4-2-3-5-12(11)22(25)26)27-14(23)7-6-13-15(18)20-17-21(13)8-9-28-17/h2-10H,1H3,(H,19,24)/b7-6-/t10-/m1/s1. The largest absolute Gasteiger partial charge is 0.449 e. The Morgan fingerprint density at radius 1 is 1.43 bits per heavy atom. The summed E-state index contributed by atoms with van der Waals surface area (Å²) in [6.45, 7) is 1.36. The second-order valence-electron chi connectivity index (χ2n) is 5.52. The van der Waals surface area contributed by atoms with E-state index >= 15 is 0 Å². The van der Waals surface area contributed by atoms with Crippen LogP contribution in [-0.2, 0) is 14.3 Å². The Bertz CT molecular complexity index is 1090. The lowest BCUT2D eigenvalue weighted by molar-refractivity contribution is -0.383. The molecule has 2 heterocycles. The van der Waals surface area contributed by atoms with Crippen molar-refractivity contribution in [2.75, 3.05) is 5.32 Å². The maximum absolute atomic E-state index is 12.2. The first-order valence-electron chi connectivity index (χ1n) is 7.91. The summed E-state index contributed by atoms with van der Waals surface area (Å²) in [6.07, 6.45) is 3.15. The molecule has 0 aliphatic rings. The first-order valence-corrected chi connectivity index (χ1v) is 9.16. The van der Waals surface area contributed by atoms with Gasteiger partial charge in [0.25, 0.3) is 11.6 Å². The molecule has 3 rings (SSSR count). The summed E-state index contributed by atoms with van der Waals surface area (Å²) in [5, 5.41) is 15.4. The molecule has 144 valence electrons. The van der Waals surface area contributed by atoms with Crippen molar-refractivity contribution in [1.82, 2.24) is 9.38 Å². The van der Waals surface area contributed by atoms with Crippen molar-refractivity contribution in [3.63, 3.8) is 0 Å². The number of hydrogen-bond acceptors (Lipinski definition) is 7. The van der Waals surface area contributed by atoms with Crippen LogP contribution in [0.25, 0.3) is 11.0 Å². The molecule has 1 amide bonds. The number of nitrogens with zero attached hydrogens (tertiary/aromatic N) is 3. The number of carbonyl (C=O) groups excluding carboxylic acids is 2. The molecule has 0 saturated carbocycles. The minimum atomic E-state index is -1.17. The van der Waals surface area contributed by atoms with E-state index in [0.29, 0.717) is 10.7 Å². The third-order valence-corrected chi connectivity index (χ3v) is 4.69. The lowest BCUT2D eigenvalue weighted by Crippen LogP contribution is -2.29. The number of thiazole rings is 1. The molecule has 0 unspecified atom stereocenters.